The predicted octanol–water partition coefficient (Wildman–Crippen LogP) is 1.37. The van der Waals surface area contributed by atoms with Gasteiger partial charge in [-0.2, -0.15) is 0 Å². The second-order valence-electron chi connectivity index (χ2n) is 3.78. The Morgan fingerprint density at radius 1 is 1.07 bits per heavy atom. The van der Waals surface area contributed by atoms with Gasteiger partial charge in [-0.3, -0.25) is 20.4 Å². The van der Waals surface area contributed by atoms with E-state index in [1.165, 1.54) is 0 Å². The zero-order chi connectivity index (χ0) is 11.0. The van der Waals surface area contributed by atoms with E-state index in [1.807, 2.05) is 6.92 Å². The van der Waals surface area contributed by atoms with Crippen LogP contribution in [0.3, 0.4) is 0 Å². The van der Waals surface area contributed by atoms with Crippen molar-refractivity contribution in [3.63, 3.8) is 0 Å². The molecule has 0 rings (SSSR count). The van der Waals surface area contributed by atoms with Crippen LogP contribution >= 0.6 is 0 Å². The smallest absolute Gasteiger partial charge is 0.238 e. The van der Waals surface area contributed by atoms with E-state index in [2.05, 4.69) is 24.7 Å². The first-order valence-electron chi connectivity index (χ1n) is 5.14. The Hall–Kier alpha value is -1.06. The molecule has 0 fully saturated rings. The van der Waals surface area contributed by atoms with E-state index in [4.69, 9.17) is 0 Å². The van der Waals surface area contributed by atoms with Crippen LogP contribution in [-0.2, 0) is 9.59 Å². The van der Waals surface area contributed by atoms with Crippen LogP contribution in [0.5, 0.6) is 0 Å². The van der Waals surface area contributed by atoms with Gasteiger partial charge in [0.1, 0.15) is 0 Å². The monoisotopic (exact) mass is 200 g/mol. The molecule has 2 N–H and O–H groups in total. The van der Waals surface area contributed by atoms with Gasteiger partial charge in [-0.1, -0.05) is 20.8 Å². The maximum Gasteiger partial charge on any atom is 0.238 e. The first kappa shape index (κ1) is 12.9. The maximum absolute atomic E-state index is 11.1. The summed E-state index contributed by atoms with van der Waals surface area (Å²) in [7, 11) is 0. The standard InChI is InChI=1S/C10H20N2O2/c1-4-5-9(13)11-12-10(14)7-6-8(2)3/h8H,4-7H2,1-3H3,(H,11,13)(H,12,14). The molecule has 0 aliphatic carbocycles. The third-order valence-electron chi connectivity index (χ3n) is 1.77. The third-order valence-corrected chi connectivity index (χ3v) is 1.77. The van der Waals surface area contributed by atoms with Crippen molar-refractivity contribution < 1.29 is 9.59 Å². The molecule has 0 radical (unpaired) electrons. The summed E-state index contributed by atoms with van der Waals surface area (Å²) in [6, 6.07) is 0. The minimum absolute atomic E-state index is 0.122. The first-order valence-corrected chi connectivity index (χ1v) is 5.14. The van der Waals surface area contributed by atoms with Gasteiger partial charge in [0.2, 0.25) is 11.8 Å². The van der Waals surface area contributed by atoms with Gasteiger partial charge in [0, 0.05) is 12.8 Å². The molecule has 0 aromatic heterocycles. The number of nitrogens with one attached hydrogen (secondary N) is 2. The second-order valence-corrected chi connectivity index (χ2v) is 3.78. The SMILES string of the molecule is CCCC(=O)NNC(=O)CCC(C)C. The molecule has 0 saturated heterocycles. The largest absolute Gasteiger partial charge is 0.273 e. The summed E-state index contributed by atoms with van der Waals surface area (Å²) in [5, 5.41) is 0. The molecule has 0 aliphatic rings. The quantitative estimate of drug-likeness (QED) is 0.658. The lowest BCUT2D eigenvalue weighted by atomic mass is 10.1. The first-order chi connectivity index (χ1) is 6.56. The number of amides is 2. The summed E-state index contributed by atoms with van der Waals surface area (Å²) in [6.07, 6.45) is 2.54. The summed E-state index contributed by atoms with van der Waals surface area (Å²) >= 11 is 0. The van der Waals surface area contributed by atoms with E-state index in [0.29, 0.717) is 18.8 Å². The van der Waals surface area contributed by atoms with Gasteiger partial charge in [-0.15, -0.1) is 0 Å². The molecule has 4 heteroatoms. The summed E-state index contributed by atoms with van der Waals surface area (Å²) in [4.78, 5) is 22.1. The Morgan fingerprint density at radius 2 is 1.57 bits per heavy atom. The number of hydrogen-bond acceptors (Lipinski definition) is 2. The zero-order valence-corrected chi connectivity index (χ0v) is 9.22. The van der Waals surface area contributed by atoms with Crippen LogP contribution in [0.25, 0.3) is 0 Å². The van der Waals surface area contributed by atoms with Crippen LogP contribution in [-0.4, -0.2) is 11.8 Å². The molecule has 0 bridgehead atoms. The third kappa shape index (κ3) is 7.58. The lowest BCUT2D eigenvalue weighted by Gasteiger charge is -2.07. The van der Waals surface area contributed by atoms with Crippen LogP contribution in [0.1, 0.15) is 46.5 Å². The normalized spacial score (nSPS) is 10.0. The topological polar surface area (TPSA) is 58.2 Å². The van der Waals surface area contributed by atoms with Crippen LogP contribution in [0, 0.1) is 5.92 Å². The fraction of sp³-hybridized carbons (Fsp3) is 0.800. The van der Waals surface area contributed by atoms with E-state index in [1.54, 1.807) is 0 Å². The van der Waals surface area contributed by atoms with E-state index >= 15 is 0 Å². The molecule has 0 aromatic carbocycles. The molecule has 4 nitrogen and oxygen atoms in total. The van der Waals surface area contributed by atoms with Gasteiger partial charge in [-0.25, -0.2) is 0 Å². The number of hydrazine groups is 1. The van der Waals surface area contributed by atoms with Crippen molar-refractivity contribution in [1.82, 2.24) is 10.9 Å². The molecule has 0 atom stereocenters. The predicted molar refractivity (Wildman–Crippen MR) is 55.3 cm³/mol. The number of carbonyl (C=O) groups is 2. The average molecular weight is 200 g/mol. The molecule has 0 heterocycles. The van der Waals surface area contributed by atoms with Gasteiger partial charge in [0.15, 0.2) is 0 Å². The highest BCUT2D eigenvalue weighted by atomic mass is 16.2. The second kappa shape index (κ2) is 7.35. The van der Waals surface area contributed by atoms with Crippen molar-refractivity contribution >= 4 is 11.8 Å². The highest BCUT2D eigenvalue weighted by Crippen LogP contribution is 2.02. The van der Waals surface area contributed by atoms with Gasteiger partial charge in [0.05, 0.1) is 0 Å². The lowest BCUT2D eigenvalue weighted by molar-refractivity contribution is -0.129. The van der Waals surface area contributed by atoms with E-state index in [-0.39, 0.29) is 11.8 Å². The van der Waals surface area contributed by atoms with E-state index < -0.39 is 0 Å². The highest BCUT2D eigenvalue weighted by Gasteiger charge is 2.04. The Kier molecular flexibility index (Phi) is 6.80. The minimum atomic E-state index is -0.134. The lowest BCUT2D eigenvalue weighted by Crippen LogP contribution is -2.41. The molecule has 0 saturated carbocycles. The van der Waals surface area contributed by atoms with Crippen molar-refractivity contribution in [2.75, 3.05) is 0 Å². The summed E-state index contributed by atoms with van der Waals surface area (Å²) < 4.78 is 0. The Bertz CT molecular complexity index is 191. The van der Waals surface area contributed by atoms with Crippen molar-refractivity contribution in [2.24, 2.45) is 5.92 Å². The molecule has 0 spiro atoms. The molecule has 0 aromatic rings. The van der Waals surface area contributed by atoms with Crippen LogP contribution < -0.4 is 10.9 Å². The zero-order valence-electron chi connectivity index (χ0n) is 9.22. The van der Waals surface area contributed by atoms with Gasteiger partial charge < -0.3 is 0 Å². The van der Waals surface area contributed by atoms with Crippen LogP contribution in [0.4, 0.5) is 0 Å². The van der Waals surface area contributed by atoms with Crippen molar-refractivity contribution in [3.8, 4) is 0 Å². The van der Waals surface area contributed by atoms with Gasteiger partial charge in [-0.05, 0) is 18.8 Å². The molecule has 0 unspecified atom stereocenters. The average Bonchev–Trinajstić information content (AvgIpc) is 2.12. The van der Waals surface area contributed by atoms with Crippen molar-refractivity contribution in [2.45, 2.75) is 46.5 Å². The minimum Gasteiger partial charge on any atom is -0.273 e. The van der Waals surface area contributed by atoms with Crippen LogP contribution in [0.15, 0.2) is 0 Å². The van der Waals surface area contributed by atoms with Crippen molar-refractivity contribution in [3.05, 3.63) is 0 Å². The molecular weight excluding hydrogens is 180 g/mol. The molecule has 0 aliphatic heterocycles. The molecule has 14 heavy (non-hydrogen) atoms. The molecular formula is C10H20N2O2. The fourth-order valence-corrected chi connectivity index (χ4v) is 0.911. The Balaban J connectivity index is 3.48. The fourth-order valence-electron chi connectivity index (χ4n) is 0.911. The van der Waals surface area contributed by atoms with Crippen molar-refractivity contribution in [1.29, 1.82) is 0 Å². The maximum atomic E-state index is 11.1. The Morgan fingerprint density at radius 3 is 2.00 bits per heavy atom. The van der Waals surface area contributed by atoms with E-state index in [9.17, 15) is 9.59 Å². The summed E-state index contributed by atoms with van der Waals surface area (Å²) in [5.41, 5.74) is 4.75. The van der Waals surface area contributed by atoms with Crippen LogP contribution in [0.2, 0.25) is 0 Å². The molecule has 2 amide bonds. The number of carbonyl (C=O) groups excluding carboxylic acids is 2. The van der Waals surface area contributed by atoms with Gasteiger partial charge in [0.25, 0.3) is 0 Å². The highest BCUT2D eigenvalue weighted by molar-refractivity contribution is 5.81. The Labute approximate surface area is 85.4 Å². The van der Waals surface area contributed by atoms with Gasteiger partial charge >= 0.3 is 0 Å². The van der Waals surface area contributed by atoms with E-state index in [0.717, 1.165) is 12.8 Å². The number of rotatable bonds is 5. The molecule has 82 valence electrons. The summed E-state index contributed by atoms with van der Waals surface area (Å²) in [6.45, 7) is 6.03. The summed E-state index contributed by atoms with van der Waals surface area (Å²) in [5.74, 6) is 0.251. The number of hydrogen-bond donors (Lipinski definition) is 2.